The molecule has 0 bridgehead atoms. The smallest absolute Gasteiger partial charge is 0.303 e. The lowest BCUT2D eigenvalue weighted by Gasteiger charge is -2.09. The summed E-state index contributed by atoms with van der Waals surface area (Å²) in [6, 6.07) is 7.19. The molecule has 0 aliphatic rings. The number of carboxylic acid groups (broad SMARTS) is 1. The van der Waals surface area contributed by atoms with Crippen LogP contribution in [-0.2, 0) is 31.7 Å². The van der Waals surface area contributed by atoms with E-state index in [9.17, 15) is 18.0 Å². The van der Waals surface area contributed by atoms with E-state index in [0.29, 0.717) is 36.2 Å². The molecule has 142 valence electrons. The van der Waals surface area contributed by atoms with Crippen LogP contribution in [0, 0.1) is 0 Å². The second-order valence-corrected chi connectivity index (χ2v) is 8.37. The number of sulfone groups is 1. The van der Waals surface area contributed by atoms with Crippen molar-refractivity contribution in [1.29, 1.82) is 0 Å². The van der Waals surface area contributed by atoms with Gasteiger partial charge in [-0.05, 0) is 25.0 Å². The molecule has 1 aromatic carbocycles. The molecule has 2 N–H and O–H groups in total. The molecule has 0 saturated heterocycles. The number of para-hydroxylation sites is 2. The standard InChI is InChI=1S/C17H23N3O5S/c1-26(24,25)12-15-19-13-7-4-5-8-14(13)20(15)11-16(21)18-10-6-2-3-9-17(22)23/h4-5,7-8H,2-3,6,9-12H2,1H3,(H,18,21)(H,22,23). The van der Waals surface area contributed by atoms with Crippen LogP contribution in [0.25, 0.3) is 11.0 Å². The van der Waals surface area contributed by atoms with Gasteiger partial charge in [0.05, 0.1) is 11.0 Å². The van der Waals surface area contributed by atoms with Crippen LogP contribution in [0.4, 0.5) is 0 Å². The van der Waals surface area contributed by atoms with Crippen molar-refractivity contribution in [1.82, 2.24) is 14.9 Å². The van der Waals surface area contributed by atoms with E-state index >= 15 is 0 Å². The lowest BCUT2D eigenvalue weighted by molar-refractivity contribution is -0.137. The number of fused-ring (bicyclic) bond motifs is 1. The van der Waals surface area contributed by atoms with Gasteiger partial charge in [0.15, 0.2) is 9.84 Å². The number of carbonyl (C=O) groups excluding carboxylic acids is 1. The highest BCUT2D eigenvalue weighted by Crippen LogP contribution is 2.17. The van der Waals surface area contributed by atoms with Gasteiger partial charge in [-0.1, -0.05) is 18.6 Å². The predicted octanol–water partition coefficient (Wildman–Crippen LogP) is 1.34. The molecule has 2 rings (SSSR count). The highest BCUT2D eigenvalue weighted by atomic mass is 32.2. The molecular formula is C17H23N3O5S. The lowest BCUT2D eigenvalue weighted by Crippen LogP contribution is -2.29. The zero-order chi connectivity index (χ0) is 19.2. The molecule has 0 unspecified atom stereocenters. The minimum absolute atomic E-state index is 0.0134. The summed E-state index contributed by atoms with van der Waals surface area (Å²) in [4.78, 5) is 27.0. The maximum atomic E-state index is 12.2. The van der Waals surface area contributed by atoms with Crippen LogP contribution in [0.2, 0.25) is 0 Å². The van der Waals surface area contributed by atoms with E-state index in [2.05, 4.69) is 10.3 Å². The summed E-state index contributed by atoms with van der Waals surface area (Å²) in [5.41, 5.74) is 1.36. The van der Waals surface area contributed by atoms with Crippen molar-refractivity contribution in [3.8, 4) is 0 Å². The van der Waals surface area contributed by atoms with Crippen molar-refractivity contribution >= 4 is 32.7 Å². The molecule has 0 radical (unpaired) electrons. The van der Waals surface area contributed by atoms with Crippen molar-refractivity contribution in [2.24, 2.45) is 0 Å². The molecule has 1 aromatic heterocycles. The molecular weight excluding hydrogens is 358 g/mol. The molecule has 0 aliphatic carbocycles. The molecule has 8 nitrogen and oxygen atoms in total. The Kier molecular flexibility index (Phi) is 6.73. The van der Waals surface area contributed by atoms with Crippen LogP contribution < -0.4 is 5.32 Å². The number of imidazole rings is 1. The highest BCUT2D eigenvalue weighted by Gasteiger charge is 2.17. The van der Waals surface area contributed by atoms with Crippen LogP contribution in [0.1, 0.15) is 31.5 Å². The van der Waals surface area contributed by atoms with Gasteiger partial charge in [0.1, 0.15) is 18.1 Å². The number of unbranched alkanes of at least 4 members (excludes halogenated alkanes) is 2. The minimum Gasteiger partial charge on any atom is -0.481 e. The number of hydrogen-bond acceptors (Lipinski definition) is 5. The van der Waals surface area contributed by atoms with Crippen LogP contribution in [-0.4, -0.2) is 47.8 Å². The SMILES string of the molecule is CS(=O)(=O)Cc1nc2ccccc2n1CC(=O)NCCCCCC(=O)O. The molecule has 1 amide bonds. The fourth-order valence-electron chi connectivity index (χ4n) is 2.65. The second kappa shape index (κ2) is 8.79. The summed E-state index contributed by atoms with van der Waals surface area (Å²) < 4.78 is 24.9. The van der Waals surface area contributed by atoms with Gasteiger partial charge in [-0.25, -0.2) is 13.4 Å². The Labute approximate surface area is 152 Å². The monoisotopic (exact) mass is 381 g/mol. The maximum absolute atomic E-state index is 12.2. The zero-order valence-corrected chi connectivity index (χ0v) is 15.5. The Hall–Kier alpha value is -2.42. The normalized spacial score (nSPS) is 11.6. The van der Waals surface area contributed by atoms with Gasteiger partial charge in [-0.3, -0.25) is 9.59 Å². The van der Waals surface area contributed by atoms with E-state index in [0.717, 1.165) is 12.7 Å². The van der Waals surface area contributed by atoms with Gasteiger partial charge >= 0.3 is 5.97 Å². The van der Waals surface area contributed by atoms with Gasteiger partial charge in [0.25, 0.3) is 0 Å². The topological polar surface area (TPSA) is 118 Å². The quantitative estimate of drug-likeness (QED) is 0.600. The Bertz CT molecular complexity index is 889. The van der Waals surface area contributed by atoms with Gasteiger partial charge in [0, 0.05) is 19.2 Å². The lowest BCUT2D eigenvalue weighted by atomic mass is 10.2. The van der Waals surface area contributed by atoms with E-state index < -0.39 is 15.8 Å². The summed E-state index contributed by atoms with van der Waals surface area (Å²) in [5.74, 6) is -0.949. The van der Waals surface area contributed by atoms with Crippen LogP contribution in [0.3, 0.4) is 0 Å². The van der Waals surface area contributed by atoms with Crippen molar-refractivity contribution < 1.29 is 23.1 Å². The highest BCUT2D eigenvalue weighted by molar-refractivity contribution is 7.89. The number of rotatable bonds is 10. The van der Waals surface area contributed by atoms with Gasteiger partial charge in [-0.15, -0.1) is 0 Å². The van der Waals surface area contributed by atoms with Gasteiger partial charge in [0.2, 0.25) is 5.91 Å². The average Bonchev–Trinajstić information content (AvgIpc) is 2.86. The molecule has 0 spiro atoms. The molecule has 2 aromatic rings. The molecule has 26 heavy (non-hydrogen) atoms. The first-order chi connectivity index (χ1) is 12.3. The predicted molar refractivity (Wildman–Crippen MR) is 97.4 cm³/mol. The van der Waals surface area contributed by atoms with E-state index in [-0.39, 0.29) is 24.6 Å². The number of nitrogens with zero attached hydrogens (tertiary/aromatic N) is 2. The number of benzene rings is 1. The number of nitrogens with one attached hydrogen (secondary N) is 1. The van der Waals surface area contributed by atoms with E-state index in [4.69, 9.17) is 5.11 Å². The van der Waals surface area contributed by atoms with Gasteiger partial charge < -0.3 is 15.0 Å². The number of aromatic nitrogens is 2. The first-order valence-corrected chi connectivity index (χ1v) is 10.4. The summed E-state index contributed by atoms with van der Waals surface area (Å²) in [6.45, 7) is 0.437. The largest absolute Gasteiger partial charge is 0.481 e. The average molecular weight is 381 g/mol. The minimum atomic E-state index is -3.28. The third kappa shape index (κ3) is 6.14. The molecule has 0 atom stereocenters. The first-order valence-electron chi connectivity index (χ1n) is 8.36. The Morgan fingerprint density at radius 1 is 1.19 bits per heavy atom. The summed E-state index contributed by atoms with van der Waals surface area (Å²) in [7, 11) is -3.28. The number of amides is 1. The van der Waals surface area contributed by atoms with Crippen molar-refractivity contribution in [2.45, 2.75) is 38.0 Å². The van der Waals surface area contributed by atoms with E-state index in [1.54, 1.807) is 22.8 Å². The first kappa shape index (κ1) is 19.9. The molecule has 0 aliphatic heterocycles. The Morgan fingerprint density at radius 3 is 2.62 bits per heavy atom. The number of hydrogen-bond donors (Lipinski definition) is 2. The van der Waals surface area contributed by atoms with E-state index in [1.807, 2.05) is 6.07 Å². The van der Waals surface area contributed by atoms with E-state index in [1.165, 1.54) is 0 Å². The number of aliphatic carboxylic acids is 1. The third-order valence-corrected chi connectivity index (χ3v) is 4.60. The molecule has 1 heterocycles. The fraction of sp³-hybridized carbons (Fsp3) is 0.471. The zero-order valence-electron chi connectivity index (χ0n) is 14.6. The van der Waals surface area contributed by atoms with Gasteiger partial charge in [-0.2, -0.15) is 0 Å². The third-order valence-electron chi connectivity index (χ3n) is 3.82. The van der Waals surface area contributed by atoms with Crippen LogP contribution in [0.15, 0.2) is 24.3 Å². The summed E-state index contributed by atoms with van der Waals surface area (Å²) in [5, 5.41) is 11.4. The molecule has 0 saturated carbocycles. The number of carboxylic acids is 1. The number of carbonyl (C=O) groups is 2. The van der Waals surface area contributed by atoms with Crippen molar-refractivity contribution in [3.63, 3.8) is 0 Å². The van der Waals surface area contributed by atoms with Crippen LogP contribution >= 0.6 is 0 Å². The van der Waals surface area contributed by atoms with Crippen molar-refractivity contribution in [3.05, 3.63) is 30.1 Å². The second-order valence-electron chi connectivity index (χ2n) is 6.23. The Morgan fingerprint density at radius 2 is 1.92 bits per heavy atom. The molecule has 0 fully saturated rings. The fourth-order valence-corrected chi connectivity index (χ4v) is 3.34. The van der Waals surface area contributed by atoms with Crippen LogP contribution in [0.5, 0.6) is 0 Å². The maximum Gasteiger partial charge on any atom is 0.303 e. The Balaban J connectivity index is 1.99. The van der Waals surface area contributed by atoms with Crippen molar-refractivity contribution in [2.75, 3.05) is 12.8 Å². The summed E-state index contributed by atoms with van der Waals surface area (Å²) in [6.07, 6.45) is 3.26. The molecule has 9 heteroatoms. The summed E-state index contributed by atoms with van der Waals surface area (Å²) >= 11 is 0.